The lowest BCUT2D eigenvalue weighted by molar-refractivity contribution is -0.308. The van der Waals surface area contributed by atoms with Crippen LogP contribution < -0.4 is 0 Å². The molecule has 0 aromatic heterocycles. The van der Waals surface area contributed by atoms with E-state index in [0.717, 1.165) is 0 Å². The number of hydrogen-bond acceptors (Lipinski definition) is 4. The van der Waals surface area contributed by atoms with Gasteiger partial charge in [-0.15, -0.1) is 0 Å². The molecule has 5 nitrogen and oxygen atoms in total. The Labute approximate surface area is 114 Å². The molecule has 108 valence electrons. The van der Waals surface area contributed by atoms with Crippen molar-refractivity contribution in [1.82, 2.24) is 0 Å². The van der Waals surface area contributed by atoms with Crippen molar-refractivity contribution in [2.24, 2.45) is 11.3 Å². The lowest BCUT2D eigenvalue weighted by Crippen LogP contribution is -2.49. The standard InChI is InChI=1S/C14H23NO4/c1-13(2,3)10(8-15)11-6-9(7-12(16)17)18-14(4,5)19-11/h9-11H,6-7H2,1-5H3,(H,16,17)/t9-,10-,11+/m0/s1. The largest absolute Gasteiger partial charge is 0.481 e. The number of rotatable bonds is 3. The van der Waals surface area contributed by atoms with Crippen LogP contribution in [0.3, 0.4) is 0 Å². The molecule has 1 saturated heterocycles. The summed E-state index contributed by atoms with van der Waals surface area (Å²) in [6.07, 6.45) is -0.348. The minimum Gasteiger partial charge on any atom is -0.481 e. The number of carboxylic acid groups (broad SMARTS) is 1. The molecule has 1 fully saturated rings. The smallest absolute Gasteiger partial charge is 0.305 e. The topological polar surface area (TPSA) is 79.5 Å². The molecule has 0 aliphatic carbocycles. The number of ether oxygens (including phenoxy) is 2. The average Bonchev–Trinajstić information content (AvgIpc) is 2.11. The van der Waals surface area contributed by atoms with E-state index in [1.165, 1.54) is 0 Å². The first-order valence-corrected chi connectivity index (χ1v) is 6.52. The van der Waals surface area contributed by atoms with Crippen LogP contribution in [0.5, 0.6) is 0 Å². The highest BCUT2D eigenvalue weighted by molar-refractivity contribution is 5.67. The molecule has 0 aromatic carbocycles. The van der Waals surface area contributed by atoms with E-state index in [0.29, 0.717) is 6.42 Å². The molecule has 0 amide bonds. The molecule has 0 bridgehead atoms. The fourth-order valence-electron chi connectivity index (χ4n) is 2.51. The van der Waals surface area contributed by atoms with Gasteiger partial charge in [-0.2, -0.15) is 5.26 Å². The summed E-state index contributed by atoms with van der Waals surface area (Å²) in [5, 5.41) is 18.3. The third kappa shape index (κ3) is 4.48. The lowest BCUT2D eigenvalue weighted by atomic mass is 9.76. The summed E-state index contributed by atoms with van der Waals surface area (Å²) in [6, 6.07) is 2.30. The predicted molar refractivity (Wildman–Crippen MR) is 69.3 cm³/mol. The van der Waals surface area contributed by atoms with Crippen molar-refractivity contribution in [1.29, 1.82) is 5.26 Å². The Morgan fingerprint density at radius 1 is 1.47 bits per heavy atom. The van der Waals surface area contributed by atoms with E-state index >= 15 is 0 Å². The Morgan fingerprint density at radius 2 is 2.05 bits per heavy atom. The molecule has 1 heterocycles. The molecule has 0 radical (unpaired) electrons. The Morgan fingerprint density at radius 3 is 2.47 bits per heavy atom. The van der Waals surface area contributed by atoms with Gasteiger partial charge in [-0.3, -0.25) is 4.79 Å². The van der Waals surface area contributed by atoms with Crippen LogP contribution in [0, 0.1) is 22.7 Å². The average molecular weight is 269 g/mol. The SMILES string of the molecule is CC1(C)O[C@H](CC(=O)O)C[C@H]([C@H](C#N)C(C)(C)C)O1. The summed E-state index contributed by atoms with van der Waals surface area (Å²) < 4.78 is 11.4. The van der Waals surface area contributed by atoms with E-state index in [-0.39, 0.29) is 23.9 Å². The molecule has 0 saturated carbocycles. The number of carboxylic acids is 1. The van der Waals surface area contributed by atoms with E-state index in [1.807, 2.05) is 20.8 Å². The van der Waals surface area contributed by atoms with Gasteiger partial charge in [0, 0.05) is 6.42 Å². The normalized spacial score (nSPS) is 28.4. The molecule has 3 atom stereocenters. The molecule has 1 aliphatic rings. The maximum Gasteiger partial charge on any atom is 0.305 e. The molecule has 0 unspecified atom stereocenters. The molecule has 0 spiro atoms. The second-order valence-corrected chi connectivity index (χ2v) is 6.60. The molecule has 1 aliphatic heterocycles. The van der Waals surface area contributed by atoms with Crippen LogP contribution in [-0.4, -0.2) is 29.1 Å². The summed E-state index contributed by atoms with van der Waals surface area (Å²) in [4.78, 5) is 10.8. The molecule has 5 heteroatoms. The van der Waals surface area contributed by atoms with Crippen molar-refractivity contribution in [2.75, 3.05) is 0 Å². The third-order valence-electron chi connectivity index (χ3n) is 3.23. The van der Waals surface area contributed by atoms with Crippen molar-refractivity contribution in [3.63, 3.8) is 0 Å². The fraction of sp³-hybridized carbons (Fsp3) is 0.857. The minimum atomic E-state index is -0.897. The Kier molecular flexibility index (Phi) is 4.59. The van der Waals surface area contributed by atoms with Crippen molar-refractivity contribution < 1.29 is 19.4 Å². The highest BCUT2D eigenvalue weighted by Gasteiger charge is 2.43. The molecule has 1 N–H and O–H groups in total. The van der Waals surface area contributed by atoms with Crippen LogP contribution in [0.4, 0.5) is 0 Å². The Bertz CT molecular complexity index is 378. The lowest BCUT2D eigenvalue weighted by Gasteiger charge is -2.44. The van der Waals surface area contributed by atoms with E-state index in [9.17, 15) is 10.1 Å². The fourth-order valence-corrected chi connectivity index (χ4v) is 2.51. The first-order chi connectivity index (χ1) is 8.55. The third-order valence-corrected chi connectivity index (χ3v) is 3.23. The number of nitriles is 1. The summed E-state index contributed by atoms with van der Waals surface area (Å²) in [7, 11) is 0. The van der Waals surface area contributed by atoms with Gasteiger partial charge in [0.2, 0.25) is 0 Å². The summed E-state index contributed by atoms with van der Waals surface area (Å²) >= 11 is 0. The predicted octanol–water partition coefficient (Wildman–Crippen LogP) is 2.56. The Hall–Kier alpha value is -1.12. The first kappa shape index (κ1) is 15.9. The maximum absolute atomic E-state index is 10.8. The molecule has 1 rings (SSSR count). The van der Waals surface area contributed by atoms with Gasteiger partial charge in [0.05, 0.1) is 30.6 Å². The van der Waals surface area contributed by atoms with Gasteiger partial charge in [0.15, 0.2) is 5.79 Å². The van der Waals surface area contributed by atoms with Gasteiger partial charge in [0.1, 0.15) is 0 Å². The number of hydrogen-bond donors (Lipinski definition) is 1. The Balaban J connectivity index is 2.89. The zero-order valence-electron chi connectivity index (χ0n) is 12.3. The van der Waals surface area contributed by atoms with Crippen molar-refractivity contribution in [3.05, 3.63) is 0 Å². The van der Waals surface area contributed by atoms with Crippen LogP contribution in [0.15, 0.2) is 0 Å². The van der Waals surface area contributed by atoms with Crippen LogP contribution in [0.1, 0.15) is 47.5 Å². The number of nitrogens with zero attached hydrogens (tertiary/aromatic N) is 1. The van der Waals surface area contributed by atoms with Crippen molar-refractivity contribution >= 4 is 5.97 Å². The van der Waals surface area contributed by atoms with Crippen molar-refractivity contribution in [2.45, 2.75) is 65.5 Å². The highest BCUT2D eigenvalue weighted by atomic mass is 16.7. The van der Waals surface area contributed by atoms with Gasteiger partial charge >= 0.3 is 5.97 Å². The molecular formula is C14H23NO4. The van der Waals surface area contributed by atoms with E-state index < -0.39 is 17.9 Å². The second-order valence-electron chi connectivity index (χ2n) is 6.60. The first-order valence-electron chi connectivity index (χ1n) is 6.52. The van der Waals surface area contributed by atoms with E-state index in [2.05, 4.69) is 6.07 Å². The number of carbonyl (C=O) groups is 1. The van der Waals surface area contributed by atoms with Crippen molar-refractivity contribution in [3.8, 4) is 6.07 Å². The quantitative estimate of drug-likeness (QED) is 0.851. The van der Waals surface area contributed by atoms with Crippen LogP contribution in [0.2, 0.25) is 0 Å². The molecule has 19 heavy (non-hydrogen) atoms. The zero-order valence-corrected chi connectivity index (χ0v) is 12.3. The van der Waals surface area contributed by atoms with Gasteiger partial charge < -0.3 is 14.6 Å². The summed E-state index contributed by atoms with van der Waals surface area (Å²) in [5.41, 5.74) is -0.222. The summed E-state index contributed by atoms with van der Waals surface area (Å²) in [5.74, 6) is -2.05. The maximum atomic E-state index is 10.8. The minimum absolute atomic E-state index is 0.0639. The molecule has 0 aromatic rings. The second kappa shape index (κ2) is 5.48. The van der Waals surface area contributed by atoms with Crippen LogP contribution >= 0.6 is 0 Å². The van der Waals surface area contributed by atoms with E-state index in [1.54, 1.807) is 13.8 Å². The van der Waals surface area contributed by atoms with Crippen LogP contribution in [0.25, 0.3) is 0 Å². The monoisotopic (exact) mass is 269 g/mol. The highest BCUT2D eigenvalue weighted by Crippen LogP contribution is 2.38. The molecular weight excluding hydrogens is 246 g/mol. The van der Waals surface area contributed by atoms with E-state index in [4.69, 9.17) is 14.6 Å². The zero-order chi connectivity index (χ0) is 14.8. The van der Waals surface area contributed by atoms with Gasteiger partial charge in [-0.25, -0.2) is 0 Å². The van der Waals surface area contributed by atoms with Gasteiger partial charge in [-0.1, -0.05) is 20.8 Å². The van der Waals surface area contributed by atoms with Gasteiger partial charge in [-0.05, 0) is 19.3 Å². The van der Waals surface area contributed by atoms with Gasteiger partial charge in [0.25, 0.3) is 0 Å². The summed E-state index contributed by atoms with van der Waals surface area (Å²) in [6.45, 7) is 9.47. The number of aliphatic carboxylic acids is 1. The van der Waals surface area contributed by atoms with Crippen LogP contribution in [-0.2, 0) is 14.3 Å².